The monoisotopic (exact) mass is 237 g/mol. The molecule has 1 N–H and O–H groups in total. The third kappa shape index (κ3) is 3.08. The quantitative estimate of drug-likeness (QED) is 0.812. The van der Waals surface area contributed by atoms with E-state index in [0.717, 1.165) is 38.4 Å². The second-order valence-corrected chi connectivity index (χ2v) is 4.47. The number of likely N-dealkylation sites (N-methyl/N-ethyl adjacent to an activating group) is 1. The number of hydrogen-bond donors (Lipinski definition) is 1. The lowest BCUT2D eigenvalue weighted by Gasteiger charge is -2.32. The summed E-state index contributed by atoms with van der Waals surface area (Å²) in [5.74, 6) is 0.368. The van der Waals surface area contributed by atoms with E-state index >= 15 is 0 Å². The molecular formula is C12H19N3O2. The molecule has 1 aromatic heterocycles. The van der Waals surface area contributed by atoms with Crippen molar-refractivity contribution in [1.82, 2.24) is 14.8 Å². The topological polar surface area (TPSA) is 48.6 Å². The fraction of sp³-hybridized carbons (Fsp3) is 0.583. The van der Waals surface area contributed by atoms with E-state index in [9.17, 15) is 4.79 Å². The first-order chi connectivity index (χ1) is 8.19. The summed E-state index contributed by atoms with van der Waals surface area (Å²) in [6, 6.07) is 1.62. The first-order valence-corrected chi connectivity index (χ1v) is 5.85. The van der Waals surface area contributed by atoms with E-state index in [1.807, 2.05) is 0 Å². The second-order valence-electron chi connectivity index (χ2n) is 4.47. The van der Waals surface area contributed by atoms with E-state index in [-0.39, 0.29) is 5.43 Å². The van der Waals surface area contributed by atoms with Crippen LogP contribution in [0, 0.1) is 0 Å². The van der Waals surface area contributed by atoms with Crippen molar-refractivity contribution in [2.45, 2.75) is 6.54 Å². The van der Waals surface area contributed by atoms with Crippen molar-refractivity contribution in [3.8, 4) is 5.75 Å². The zero-order valence-corrected chi connectivity index (χ0v) is 10.4. The lowest BCUT2D eigenvalue weighted by molar-refractivity contribution is 0.147. The molecule has 2 rings (SSSR count). The van der Waals surface area contributed by atoms with Gasteiger partial charge in [-0.05, 0) is 7.05 Å². The molecule has 17 heavy (non-hydrogen) atoms. The Morgan fingerprint density at radius 2 is 2.06 bits per heavy atom. The first kappa shape index (κ1) is 12.1. The summed E-state index contributed by atoms with van der Waals surface area (Å²) in [4.78, 5) is 19.4. The number of ether oxygens (including phenoxy) is 1. The van der Waals surface area contributed by atoms with E-state index in [0.29, 0.717) is 5.75 Å². The first-order valence-electron chi connectivity index (χ1n) is 5.85. The van der Waals surface area contributed by atoms with Gasteiger partial charge in [0.05, 0.1) is 7.11 Å². The standard InChI is InChI=1S/C12H19N3O2/c1-14-3-5-15(6-4-14)9-10-7-11(16)12(17-2)8-13-10/h7-8H,3-6,9H2,1-2H3,(H,13,16). The van der Waals surface area contributed by atoms with Gasteiger partial charge in [-0.25, -0.2) is 0 Å². The molecular weight excluding hydrogens is 218 g/mol. The van der Waals surface area contributed by atoms with Crippen LogP contribution in [-0.2, 0) is 6.54 Å². The molecule has 0 bridgehead atoms. The summed E-state index contributed by atoms with van der Waals surface area (Å²) in [7, 11) is 3.64. The molecule has 0 aromatic carbocycles. The summed E-state index contributed by atoms with van der Waals surface area (Å²) in [5.41, 5.74) is 0.885. The molecule has 0 spiro atoms. The van der Waals surface area contributed by atoms with Crippen LogP contribution in [0.1, 0.15) is 5.69 Å². The van der Waals surface area contributed by atoms with Gasteiger partial charge in [0, 0.05) is 50.7 Å². The minimum atomic E-state index is -0.0598. The highest BCUT2D eigenvalue weighted by atomic mass is 16.5. The largest absolute Gasteiger partial charge is 0.491 e. The van der Waals surface area contributed by atoms with Crippen molar-refractivity contribution in [3.05, 3.63) is 28.2 Å². The maximum Gasteiger partial charge on any atom is 0.223 e. The second kappa shape index (κ2) is 5.33. The Hall–Kier alpha value is -1.33. The van der Waals surface area contributed by atoms with Crippen LogP contribution in [0.4, 0.5) is 0 Å². The van der Waals surface area contributed by atoms with Crippen molar-refractivity contribution in [2.75, 3.05) is 40.3 Å². The maximum absolute atomic E-state index is 11.6. The Kier molecular flexibility index (Phi) is 3.81. The van der Waals surface area contributed by atoms with Crippen LogP contribution < -0.4 is 10.2 Å². The van der Waals surface area contributed by atoms with Gasteiger partial charge in [-0.15, -0.1) is 0 Å². The number of hydrogen-bond acceptors (Lipinski definition) is 4. The van der Waals surface area contributed by atoms with E-state index in [1.165, 1.54) is 7.11 Å². The minimum Gasteiger partial charge on any atom is -0.491 e. The molecule has 5 heteroatoms. The summed E-state index contributed by atoms with van der Waals surface area (Å²) >= 11 is 0. The van der Waals surface area contributed by atoms with Crippen LogP contribution in [0.25, 0.3) is 0 Å². The van der Waals surface area contributed by atoms with Gasteiger partial charge in [0.15, 0.2) is 5.75 Å². The number of piperazine rings is 1. The van der Waals surface area contributed by atoms with Crippen LogP contribution >= 0.6 is 0 Å². The third-order valence-electron chi connectivity index (χ3n) is 3.15. The van der Waals surface area contributed by atoms with Gasteiger partial charge in [-0.1, -0.05) is 0 Å². The van der Waals surface area contributed by atoms with Gasteiger partial charge in [0.2, 0.25) is 5.43 Å². The Morgan fingerprint density at radius 1 is 1.35 bits per heavy atom. The number of H-pyrrole nitrogens is 1. The average molecular weight is 237 g/mol. The Balaban J connectivity index is 1.99. The van der Waals surface area contributed by atoms with Gasteiger partial charge in [0.25, 0.3) is 0 Å². The number of aromatic nitrogens is 1. The van der Waals surface area contributed by atoms with Gasteiger partial charge in [0.1, 0.15) is 0 Å². The molecule has 0 saturated carbocycles. The van der Waals surface area contributed by atoms with E-state index in [2.05, 4.69) is 21.8 Å². The molecule has 0 amide bonds. The van der Waals surface area contributed by atoms with Crippen LogP contribution in [0.3, 0.4) is 0 Å². The fourth-order valence-electron chi connectivity index (χ4n) is 2.00. The highest BCUT2D eigenvalue weighted by molar-refractivity contribution is 5.20. The predicted molar refractivity (Wildman–Crippen MR) is 66.4 cm³/mol. The molecule has 5 nitrogen and oxygen atoms in total. The highest BCUT2D eigenvalue weighted by Gasteiger charge is 2.14. The normalized spacial score (nSPS) is 18.2. The molecule has 2 heterocycles. The van der Waals surface area contributed by atoms with Crippen molar-refractivity contribution in [2.24, 2.45) is 0 Å². The Morgan fingerprint density at radius 3 is 2.65 bits per heavy atom. The van der Waals surface area contributed by atoms with Gasteiger partial charge < -0.3 is 14.6 Å². The molecule has 0 aliphatic carbocycles. The molecule has 0 unspecified atom stereocenters. The zero-order valence-electron chi connectivity index (χ0n) is 10.4. The van der Waals surface area contributed by atoms with Crippen molar-refractivity contribution in [3.63, 3.8) is 0 Å². The molecule has 1 aliphatic rings. The van der Waals surface area contributed by atoms with E-state index < -0.39 is 0 Å². The van der Waals surface area contributed by atoms with Crippen molar-refractivity contribution < 1.29 is 4.74 Å². The van der Waals surface area contributed by atoms with Crippen LogP contribution in [0.5, 0.6) is 5.75 Å². The van der Waals surface area contributed by atoms with Crippen LogP contribution in [0.2, 0.25) is 0 Å². The number of rotatable bonds is 3. The summed E-state index contributed by atoms with van der Waals surface area (Å²) in [5, 5.41) is 0. The molecule has 1 fully saturated rings. The van der Waals surface area contributed by atoms with Crippen molar-refractivity contribution >= 4 is 0 Å². The third-order valence-corrected chi connectivity index (χ3v) is 3.15. The van der Waals surface area contributed by atoms with Gasteiger partial charge in [-0.2, -0.15) is 0 Å². The molecule has 0 atom stereocenters. The van der Waals surface area contributed by atoms with Gasteiger partial charge in [-0.3, -0.25) is 9.69 Å². The highest BCUT2D eigenvalue weighted by Crippen LogP contribution is 2.06. The number of pyridine rings is 1. The Bertz CT molecular complexity index is 422. The van der Waals surface area contributed by atoms with E-state index in [4.69, 9.17) is 4.74 Å². The summed E-state index contributed by atoms with van der Waals surface area (Å²) in [6.45, 7) is 5.06. The Labute approximate surface area is 101 Å². The smallest absolute Gasteiger partial charge is 0.223 e. The lowest BCUT2D eigenvalue weighted by atomic mass is 10.2. The number of aromatic amines is 1. The zero-order chi connectivity index (χ0) is 12.3. The fourth-order valence-corrected chi connectivity index (χ4v) is 2.00. The summed E-state index contributed by atoms with van der Waals surface area (Å²) in [6.07, 6.45) is 1.63. The van der Waals surface area contributed by atoms with Gasteiger partial charge >= 0.3 is 0 Å². The van der Waals surface area contributed by atoms with Crippen LogP contribution in [-0.4, -0.2) is 55.1 Å². The summed E-state index contributed by atoms with van der Waals surface area (Å²) < 4.78 is 4.94. The minimum absolute atomic E-state index is 0.0598. The SMILES string of the molecule is COc1c[nH]c(CN2CCN(C)CC2)cc1=O. The average Bonchev–Trinajstić information content (AvgIpc) is 2.32. The molecule has 1 aliphatic heterocycles. The maximum atomic E-state index is 11.6. The molecule has 1 aromatic rings. The number of methoxy groups -OCH3 is 1. The molecule has 0 radical (unpaired) electrons. The van der Waals surface area contributed by atoms with E-state index in [1.54, 1.807) is 12.3 Å². The molecule has 1 saturated heterocycles. The number of nitrogens with one attached hydrogen (secondary N) is 1. The van der Waals surface area contributed by atoms with Crippen LogP contribution in [0.15, 0.2) is 17.1 Å². The van der Waals surface area contributed by atoms with Crippen molar-refractivity contribution in [1.29, 1.82) is 0 Å². The number of nitrogens with zero attached hydrogens (tertiary/aromatic N) is 2. The lowest BCUT2D eigenvalue weighted by Crippen LogP contribution is -2.44. The predicted octanol–water partition coefficient (Wildman–Crippen LogP) is 0.131. The molecule has 94 valence electrons.